The fraction of sp³-hybridized carbons (Fsp3) is 0.417. The molecule has 0 bridgehead atoms. The molecule has 1 saturated heterocycles. The van der Waals surface area contributed by atoms with Crippen LogP contribution < -0.4 is 10.2 Å². The van der Waals surface area contributed by atoms with Crippen molar-refractivity contribution in [2.45, 2.75) is 45.6 Å². The second-order valence-electron chi connectivity index (χ2n) is 8.12. The summed E-state index contributed by atoms with van der Waals surface area (Å²) in [7, 11) is 0. The van der Waals surface area contributed by atoms with Gasteiger partial charge < -0.3 is 10.2 Å². The van der Waals surface area contributed by atoms with Gasteiger partial charge >= 0.3 is 0 Å². The molecular formula is C24H29N3OS. The van der Waals surface area contributed by atoms with Crippen molar-refractivity contribution >= 4 is 33.1 Å². The first-order valence-corrected chi connectivity index (χ1v) is 11.4. The van der Waals surface area contributed by atoms with Gasteiger partial charge in [0.25, 0.3) is 0 Å². The number of pyridine rings is 1. The number of anilines is 1. The predicted molar refractivity (Wildman–Crippen MR) is 122 cm³/mol. The first kappa shape index (κ1) is 19.9. The highest BCUT2D eigenvalue weighted by Gasteiger charge is 2.28. The van der Waals surface area contributed by atoms with Crippen molar-refractivity contribution in [3.63, 3.8) is 0 Å². The van der Waals surface area contributed by atoms with E-state index in [2.05, 4.69) is 65.4 Å². The molecule has 0 aliphatic carbocycles. The summed E-state index contributed by atoms with van der Waals surface area (Å²) in [6.07, 6.45) is 5.82. The molecule has 1 aliphatic rings. The third-order valence-electron chi connectivity index (χ3n) is 5.74. The number of piperidine rings is 1. The van der Waals surface area contributed by atoms with Gasteiger partial charge in [-0.15, -0.1) is 11.3 Å². The number of aromatic nitrogens is 1. The van der Waals surface area contributed by atoms with Gasteiger partial charge in [0, 0.05) is 40.3 Å². The average molecular weight is 408 g/mol. The van der Waals surface area contributed by atoms with Gasteiger partial charge in [0.15, 0.2) is 0 Å². The fourth-order valence-corrected chi connectivity index (χ4v) is 5.08. The highest BCUT2D eigenvalue weighted by molar-refractivity contribution is 7.19. The van der Waals surface area contributed by atoms with Crippen molar-refractivity contribution in [2.24, 2.45) is 5.92 Å². The van der Waals surface area contributed by atoms with E-state index in [-0.39, 0.29) is 17.9 Å². The molecule has 4 nitrogen and oxygen atoms in total. The van der Waals surface area contributed by atoms with Crippen LogP contribution in [-0.2, 0) is 11.2 Å². The van der Waals surface area contributed by atoms with Gasteiger partial charge in [0.2, 0.25) is 5.91 Å². The molecule has 4 rings (SSSR count). The summed E-state index contributed by atoms with van der Waals surface area (Å²) in [6, 6.07) is 14.9. The monoisotopic (exact) mass is 407 g/mol. The number of nitrogens with zero attached hydrogens (tertiary/aromatic N) is 2. The van der Waals surface area contributed by atoms with Crippen LogP contribution >= 0.6 is 11.3 Å². The number of aryl methyl sites for hydroxylation is 2. The number of thiophene rings is 1. The van der Waals surface area contributed by atoms with E-state index >= 15 is 0 Å². The number of fused-ring (bicyclic) bond motifs is 1. The summed E-state index contributed by atoms with van der Waals surface area (Å²) in [5.74, 6) is 1.24. The summed E-state index contributed by atoms with van der Waals surface area (Å²) in [4.78, 5) is 21.2. The Kier molecular flexibility index (Phi) is 6.14. The molecule has 0 radical (unpaired) electrons. The molecule has 3 heterocycles. The highest BCUT2D eigenvalue weighted by atomic mass is 32.1. The maximum Gasteiger partial charge on any atom is 0.225 e. The van der Waals surface area contributed by atoms with Crippen molar-refractivity contribution in [1.29, 1.82) is 0 Å². The third kappa shape index (κ3) is 4.78. The second kappa shape index (κ2) is 8.95. The van der Waals surface area contributed by atoms with Crippen LogP contribution in [0.2, 0.25) is 0 Å². The van der Waals surface area contributed by atoms with E-state index in [1.807, 2.05) is 12.3 Å². The van der Waals surface area contributed by atoms with Crippen LogP contribution in [0, 0.1) is 12.8 Å². The Balaban J connectivity index is 1.37. The van der Waals surface area contributed by atoms with E-state index in [0.717, 1.165) is 44.6 Å². The quantitative estimate of drug-likeness (QED) is 0.628. The van der Waals surface area contributed by atoms with Crippen LogP contribution in [0.15, 0.2) is 48.7 Å². The molecule has 2 atom stereocenters. The van der Waals surface area contributed by atoms with Crippen LogP contribution in [-0.4, -0.2) is 30.0 Å². The van der Waals surface area contributed by atoms with Crippen molar-refractivity contribution < 1.29 is 4.79 Å². The van der Waals surface area contributed by atoms with Crippen LogP contribution in [0.25, 0.3) is 10.1 Å². The number of carbonyl (C=O) groups excluding carboxylic acids is 1. The molecule has 3 aromatic rings. The van der Waals surface area contributed by atoms with E-state index < -0.39 is 0 Å². The number of rotatable bonds is 6. The van der Waals surface area contributed by atoms with E-state index in [0.29, 0.717) is 0 Å². The average Bonchev–Trinajstić information content (AvgIpc) is 3.13. The lowest BCUT2D eigenvalue weighted by Gasteiger charge is -2.33. The van der Waals surface area contributed by atoms with E-state index in [4.69, 9.17) is 0 Å². The van der Waals surface area contributed by atoms with Gasteiger partial charge in [-0.25, -0.2) is 4.98 Å². The molecule has 2 aromatic heterocycles. The normalized spacial score (nSPS) is 18.0. The smallest absolute Gasteiger partial charge is 0.225 e. The van der Waals surface area contributed by atoms with Crippen molar-refractivity contribution in [3.05, 3.63) is 59.1 Å². The summed E-state index contributed by atoms with van der Waals surface area (Å²) in [5.41, 5.74) is 1.32. The maximum absolute atomic E-state index is 12.9. The molecule has 1 amide bonds. The number of hydrogen-bond acceptors (Lipinski definition) is 4. The van der Waals surface area contributed by atoms with Gasteiger partial charge in [0.05, 0.1) is 5.92 Å². The minimum absolute atomic E-state index is 0.0275. The molecule has 1 aromatic carbocycles. The molecule has 29 heavy (non-hydrogen) atoms. The molecule has 0 saturated carbocycles. The lowest BCUT2D eigenvalue weighted by atomic mass is 9.96. The molecule has 5 heteroatoms. The molecule has 1 aliphatic heterocycles. The molecule has 0 spiro atoms. The molecule has 1 fully saturated rings. The summed E-state index contributed by atoms with van der Waals surface area (Å²) < 4.78 is 1.27. The van der Waals surface area contributed by atoms with Crippen molar-refractivity contribution in [2.75, 3.05) is 18.0 Å². The maximum atomic E-state index is 12.9. The minimum Gasteiger partial charge on any atom is -0.355 e. The van der Waals surface area contributed by atoms with Crippen LogP contribution in [0.3, 0.4) is 0 Å². The van der Waals surface area contributed by atoms with Crippen molar-refractivity contribution in [3.8, 4) is 0 Å². The zero-order chi connectivity index (χ0) is 20.2. The highest BCUT2D eigenvalue weighted by Crippen LogP contribution is 2.33. The number of hydrogen-bond donors (Lipinski definition) is 1. The molecular weight excluding hydrogens is 378 g/mol. The lowest BCUT2D eigenvalue weighted by molar-refractivity contribution is -0.125. The Morgan fingerprint density at radius 1 is 1.31 bits per heavy atom. The lowest BCUT2D eigenvalue weighted by Crippen LogP contribution is -2.45. The van der Waals surface area contributed by atoms with E-state index in [1.54, 1.807) is 11.3 Å². The van der Waals surface area contributed by atoms with Crippen LogP contribution in [0.1, 0.15) is 36.6 Å². The third-order valence-corrected chi connectivity index (χ3v) is 6.75. The Bertz CT molecular complexity index is 969. The predicted octanol–water partition coefficient (Wildman–Crippen LogP) is 4.96. The Morgan fingerprint density at radius 2 is 2.14 bits per heavy atom. The standard InChI is InChI=1S/C24H29N3OS/c1-17(10-11-19-7-4-3-5-8-19)26-24(28)20-9-6-14-27(16-20)23-21-15-18(2)29-22(21)12-13-25-23/h3-5,7-8,12-13,15,17,20H,6,9-11,14,16H2,1-2H3,(H,26,28)/t17-,20-/m1/s1. The minimum atomic E-state index is 0.0275. The summed E-state index contributed by atoms with van der Waals surface area (Å²) >= 11 is 1.80. The fourth-order valence-electron chi connectivity index (χ4n) is 4.17. The van der Waals surface area contributed by atoms with Crippen LogP contribution in [0.5, 0.6) is 0 Å². The Labute approximate surface area is 177 Å². The largest absolute Gasteiger partial charge is 0.355 e. The number of amides is 1. The van der Waals surface area contributed by atoms with Crippen molar-refractivity contribution in [1.82, 2.24) is 10.3 Å². The van der Waals surface area contributed by atoms with Gasteiger partial charge in [-0.3, -0.25) is 4.79 Å². The Morgan fingerprint density at radius 3 is 2.97 bits per heavy atom. The molecule has 0 unspecified atom stereocenters. The zero-order valence-electron chi connectivity index (χ0n) is 17.2. The number of nitrogens with one attached hydrogen (secondary N) is 1. The summed E-state index contributed by atoms with van der Waals surface area (Å²) in [6.45, 7) is 5.96. The molecule has 1 N–H and O–H groups in total. The Hall–Kier alpha value is -2.40. The van der Waals surface area contributed by atoms with Gasteiger partial charge in [-0.1, -0.05) is 30.3 Å². The summed E-state index contributed by atoms with van der Waals surface area (Å²) in [5, 5.41) is 4.46. The topological polar surface area (TPSA) is 45.2 Å². The zero-order valence-corrected chi connectivity index (χ0v) is 18.0. The van der Waals surface area contributed by atoms with Gasteiger partial charge in [-0.2, -0.15) is 0 Å². The van der Waals surface area contributed by atoms with Crippen LogP contribution in [0.4, 0.5) is 5.82 Å². The molecule has 152 valence electrons. The number of benzene rings is 1. The second-order valence-corrected chi connectivity index (χ2v) is 9.41. The number of carbonyl (C=O) groups is 1. The van der Waals surface area contributed by atoms with Gasteiger partial charge in [-0.05, 0) is 57.2 Å². The van der Waals surface area contributed by atoms with E-state index in [1.165, 1.54) is 20.5 Å². The first-order chi connectivity index (χ1) is 14.1. The first-order valence-electron chi connectivity index (χ1n) is 10.5. The van der Waals surface area contributed by atoms with E-state index in [9.17, 15) is 4.79 Å². The SMILES string of the molecule is Cc1cc2c(N3CCC[C@@H](C(=O)N[C@H](C)CCc4ccccc4)C3)nccc2s1. The van der Waals surface area contributed by atoms with Gasteiger partial charge in [0.1, 0.15) is 5.82 Å².